The zero-order chi connectivity index (χ0) is 11.1. The molecule has 0 spiro atoms. The number of carbonyl (C=O) groups is 2. The molecule has 0 heterocycles. The SMILES string of the molecule is CC(=O)OC/C1=C/CCCCCC(=O)C1. The predicted molar refractivity (Wildman–Crippen MR) is 57.4 cm³/mol. The third-order valence-corrected chi connectivity index (χ3v) is 2.48. The molecule has 0 N–H and O–H groups in total. The first-order valence-corrected chi connectivity index (χ1v) is 5.51. The van der Waals surface area contributed by atoms with Crippen LogP contribution in [0.25, 0.3) is 0 Å². The van der Waals surface area contributed by atoms with Crippen LogP contribution in [0.4, 0.5) is 0 Å². The van der Waals surface area contributed by atoms with Gasteiger partial charge >= 0.3 is 5.97 Å². The first-order chi connectivity index (χ1) is 7.18. The van der Waals surface area contributed by atoms with E-state index < -0.39 is 0 Å². The Hall–Kier alpha value is -1.12. The molecule has 1 aliphatic carbocycles. The molecule has 3 heteroatoms. The Kier molecular flexibility index (Phi) is 5.08. The number of rotatable bonds is 2. The lowest BCUT2D eigenvalue weighted by atomic mass is 10.1. The highest BCUT2D eigenvalue weighted by molar-refractivity contribution is 5.81. The van der Waals surface area contributed by atoms with E-state index in [1.54, 1.807) is 0 Å². The predicted octanol–water partition coefficient (Wildman–Crippen LogP) is 2.40. The molecule has 0 saturated heterocycles. The summed E-state index contributed by atoms with van der Waals surface area (Å²) < 4.78 is 4.91. The molecule has 0 aliphatic heterocycles. The molecule has 0 aromatic rings. The van der Waals surface area contributed by atoms with Gasteiger partial charge in [0.15, 0.2) is 0 Å². The van der Waals surface area contributed by atoms with Crippen molar-refractivity contribution >= 4 is 11.8 Å². The standard InChI is InChI=1S/C12H18O3/c1-10(13)15-9-11-6-4-2-3-5-7-12(14)8-11/h6H,2-5,7-9H2,1H3/b11-6+. The van der Waals surface area contributed by atoms with Gasteiger partial charge in [-0.1, -0.05) is 12.5 Å². The molecule has 0 aromatic carbocycles. The summed E-state index contributed by atoms with van der Waals surface area (Å²) in [5, 5.41) is 0. The van der Waals surface area contributed by atoms with Gasteiger partial charge in [-0.2, -0.15) is 0 Å². The van der Waals surface area contributed by atoms with E-state index in [1.165, 1.54) is 6.92 Å². The Morgan fingerprint density at radius 3 is 2.93 bits per heavy atom. The van der Waals surface area contributed by atoms with Gasteiger partial charge in [-0.3, -0.25) is 9.59 Å². The maximum absolute atomic E-state index is 11.5. The first-order valence-electron chi connectivity index (χ1n) is 5.51. The molecule has 0 fully saturated rings. The molecule has 0 bridgehead atoms. The van der Waals surface area contributed by atoms with Gasteiger partial charge in [0.05, 0.1) is 0 Å². The molecule has 1 aliphatic rings. The van der Waals surface area contributed by atoms with E-state index >= 15 is 0 Å². The molecule has 0 saturated carbocycles. The van der Waals surface area contributed by atoms with Gasteiger partial charge < -0.3 is 4.74 Å². The molecule has 84 valence electrons. The van der Waals surface area contributed by atoms with Gasteiger partial charge in [-0.25, -0.2) is 0 Å². The molecule has 1 rings (SSSR count). The minimum atomic E-state index is -0.289. The van der Waals surface area contributed by atoms with Crippen molar-refractivity contribution in [2.75, 3.05) is 6.61 Å². The molecular formula is C12H18O3. The second-order valence-corrected chi connectivity index (χ2v) is 3.96. The van der Waals surface area contributed by atoms with Crippen molar-refractivity contribution in [1.82, 2.24) is 0 Å². The molecule has 0 atom stereocenters. The fourth-order valence-corrected chi connectivity index (χ4v) is 1.67. The molecular weight excluding hydrogens is 192 g/mol. The van der Waals surface area contributed by atoms with Gasteiger partial charge in [0, 0.05) is 19.8 Å². The number of hydrogen-bond acceptors (Lipinski definition) is 3. The number of Topliss-reactive ketones (excluding diaryl/α,β-unsaturated/α-hetero) is 1. The van der Waals surface area contributed by atoms with Crippen LogP contribution in [0.15, 0.2) is 11.6 Å². The van der Waals surface area contributed by atoms with E-state index in [4.69, 9.17) is 4.74 Å². The van der Waals surface area contributed by atoms with Gasteiger partial charge in [-0.15, -0.1) is 0 Å². The summed E-state index contributed by atoms with van der Waals surface area (Å²) in [6.07, 6.45) is 7.38. The van der Waals surface area contributed by atoms with Crippen LogP contribution < -0.4 is 0 Å². The quantitative estimate of drug-likeness (QED) is 0.519. The van der Waals surface area contributed by atoms with Crippen LogP contribution in [-0.4, -0.2) is 18.4 Å². The van der Waals surface area contributed by atoms with Crippen LogP contribution in [0.1, 0.15) is 45.4 Å². The first kappa shape index (κ1) is 12.0. The van der Waals surface area contributed by atoms with Crippen LogP contribution in [0.3, 0.4) is 0 Å². The average molecular weight is 210 g/mol. The van der Waals surface area contributed by atoms with E-state index in [9.17, 15) is 9.59 Å². The molecule has 0 aromatic heterocycles. The summed E-state index contributed by atoms with van der Waals surface area (Å²) in [6, 6.07) is 0. The lowest BCUT2D eigenvalue weighted by molar-refractivity contribution is -0.140. The van der Waals surface area contributed by atoms with Crippen LogP contribution in [0.5, 0.6) is 0 Å². The number of ether oxygens (including phenoxy) is 1. The van der Waals surface area contributed by atoms with Crippen molar-refractivity contribution in [2.45, 2.75) is 45.4 Å². The van der Waals surface area contributed by atoms with Gasteiger partial charge in [-0.05, 0) is 24.8 Å². The smallest absolute Gasteiger partial charge is 0.302 e. The van der Waals surface area contributed by atoms with Crippen LogP contribution >= 0.6 is 0 Å². The minimum Gasteiger partial charge on any atom is -0.461 e. The fraction of sp³-hybridized carbons (Fsp3) is 0.667. The van der Waals surface area contributed by atoms with Crippen LogP contribution in [-0.2, 0) is 14.3 Å². The highest BCUT2D eigenvalue weighted by atomic mass is 16.5. The highest BCUT2D eigenvalue weighted by Crippen LogP contribution is 2.14. The van der Waals surface area contributed by atoms with Crippen molar-refractivity contribution < 1.29 is 14.3 Å². The Morgan fingerprint density at radius 1 is 1.40 bits per heavy atom. The molecule has 3 nitrogen and oxygen atoms in total. The monoisotopic (exact) mass is 210 g/mol. The second kappa shape index (κ2) is 6.38. The van der Waals surface area contributed by atoms with Crippen molar-refractivity contribution in [3.8, 4) is 0 Å². The summed E-state index contributed by atoms with van der Waals surface area (Å²) in [5.74, 6) is -0.0291. The lowest BCUT2D eigenvalue weighted by Gasteiger charge is -2.06. The largest absolute Gasteiger partial charge is 0.461 e. The Balaban J connectivity index is 2.48. The molecule has 0 radical (unpaired) electrons. The van der Waals surface area contributed by atoms with E-state index in [1.807, 2.05) is 6.08 Å². The summed E-state index contributed by atoms with van der Waals surface area (Å²) in [5.41, 5.74) is 0.956. The fourth-order valence-electron chi connectivity index (χ4n) is 1.67. The van der Waals surface area contributed by atoms with Crippen LogP contribution in [0, 0.1) is 0 Å². The molecule has 15 heavy (non-hydrogen) atoms. The summed E-state index contributed by atoms with van der Waals surface area (Å²) in [6.45, 7) is 1.67. The van der Waals surface area contributed by atoms with E-state index in [0.717, 1.165) is 31.3 Å². The Bertz CT molecular complexity index is 266. The topological polar surface area (TPSA) is 43.4 Å². The van der Waals surface area contributed by atoms with Gasteiger partial charge in [0.1, 0.15) is 12.4 Å². The van der Waals surface area contributed by atoms with E-state index in [2.05, 4.69) is 0 Å². The van der Waals surface area contributed by atoms with Gasteiger partial charge in [0.25, 0.3) is 0 Å². The Labute approximate surface area is 90.5 Å². The number of carbonyl (C=O) groups excluding carboxylic acids is 2. The van der Waals surface area contributed by atoms with Crippen molar-refractivity contribution in [3.63, 3.8) is 0 Å². The normalized spacial score (nSPS) is 21.9. The molecule has 0 amide bonds. The third kappa shape index (κ3) is 5.35. The zero-order valence-electron chi connectivity index (χ0n) is 9.25. The maximum Gasteiger partial charge on any atom is 0.302 e. The summed E-state index contributed by atoms with van der Waals surface area (Å²) >= 11 is 0. The average Bonchev–Trinajstić information content (AvgIpc) is 2.27. The number of hydrogen-bond donors (Lipinski definition) is 0. The molecule has 0 unspecified atom stereocenters. The lowest BCUT2D eigenvalue weighted by Crippen LogP contribution is -2.07. The summed E-state index contributed by atoms with van der Waals surface area (Å²) in [4.78, 5) is 22.1. The van der Waals surface area contributed by atoms with Crippen molar-refractivity contribution in [1.29, 1.82) is 0 Å². The Morgan fingerprint density at radius 2 is 2.20 bits per heavy atom. The van der Waals surface area contributed by atoms with E-state index in [0.29, 0.717) is 12.8 Å². The van der Waals surface area contributed by atoms with Gasteiger partial charge in [0.2, 0.25) is 0 Å². The van der Waals surface area contributed by atoms with Crippen LogP contribution in [0.2, 0.25) is 0 Å². The van der Waals surface area contributed by atoms with Crippen molar-refractivity contribution in [2.24, 2.45) is 0 Å². The number of allylic oxidation sites excluding steroid dienone is 1. The van der Waals surface area contributed by atoms with E-state index in [-0.39, 0.29) is 18.4 Å². The summed E-state index contributed by atoms with van der Waals surface area (Å²) in [7, 11) is 0. The maximum atomic E-state index is 11.5. The second-order valence-electron chi connectivity index (χ2n) is 3.96. The number of ketones is 1. The van der Waals surface area contributed by atoms with Crippen molar-refractivity contribution in [3.05, 3.63) is 11.6 Å². The number of esters is 1. The third-order valence-electron chi connectivity index (χ3n) is 2.48. The zero-order valence-corrected chi connectivity index (χ0v) is 9.25. The minimum absolute atomic E-state index is 0.260. The highest BCUT2D eigenvalue weighted by Gasteiger charge is 2.09.